The van der Waals surface area contributed by atoms with Crippen molar-refractivity contribution < 1.29 is 38.4 Å². The first kappa shape index (κ1) is 35.7. The van der Waals surface area contributed by atoms with Crippen molar-refractivity contribution in [3.63, 3.8) is 0 Å². The Bertz CT molecular complexity index is 917. The molecule has 0 aromatic carbocycles. The first-order valence-corrected chi connectivity index (χ1v) is 13.1. The van der Waals surface area contributed by atoms with E-state index in [2.05, 4.69) is 21.3 Å². The summed E-state index contributed by atoms with van der Waals surface area (Å²) >= 11 is 0. The van der Waals surface area contributed by atoms with Crippen LogP contribution >= 0.6 is 0 Å². The largest absolute Gasteiger partial charge is 0.353 e. The summed E-state index contributed by atoms with van der Waals surface area (Å²) in [5.74, 6) is -2.32. The highest BCUT2D eigenvalue weighted by Crippen LogP contribution is 2.09. The minimum Gasteiger partial charge on any atom is -0.353 e. The third-order valence-electron chi connectivity index (χ3n) is 5.78. The molecule has 0 heterocycles. The number of rotatable bonds is 21. The van der Waals surface area contributed by atoms with Gasteiger partial charge in [0.15, 0.2) is 0 Å². The van der Waals surface area contributed by atoms with E-state index in [1.807, 2.05) is 0 Å². The van der Waals surface area contributed by atoms with Crippen molar-refractivity contribution in [3.05, 3.63) is 0 Å². The summed E-state index contributed by atoms with van der Waals surface area (Å²) in [6.45, 7) is 6.86. The Morgan fingerprint density at radius 2 is 0.744 bits per heavy atom. The van der Waals surface area contributed by atoms with E-state index in [-0.39, 0.29) is 86.7 Å². The number of Topliss-reactive ketones (excluding diaryl/α,β-unsaturated/α-hetero) is 5. The molecule has 0 saturated heterocycles. The molecule has 0 rings (SSSR count). The van der Waals surface area contributed by atoms with E-state index in [1.54, 1.807) is 7.05 Å². The maximum atomic E-state index is 12.8. The summed E-state index contributed by atoms with van der Waals surface area (Å²) in [6.07, 6.45) is -0.0584. The van der Waals surface area contributed by atoms with Gasteiger partial charge in [-0.3, -0.25) is 33.6 Å². The average Bonchev–Trinajstić information content (AvgIpc) is 2.74. The van der Waals surface area contributed by atoms with Crippen LogP contribution in [0.2, 0.25) is 0 Å². The molecule has 0 spiro atoms. The minimum absolute atomic E-state index is 0.0235. The number of hydrogen-bond acceptors (Lipinski definition) is 9. The molecule has 0 aliphatic rings. The van der Waals surface area contributed by atoms with Crippen molar-refractivity contribution in [2.45, 2.75) is 117 Å². The van der Waals surface area contributed by atoms with Crippen LogP contribution in [-0.4, -0.2) is 77.9 Å². The van der Waals surface area contributed by atoms with Gasteiger partial charge >= 0.3 is 0 Å². The summed E-state index contributed by atoms with van der Waals surface area (Å²) < 4.78 is 0. The zero-order chi connectivity index (χ0) is 30.1. The SMILES string of the molecule is CNC(CC(C)=O)CC(=O)NC(CC(C)=O)CC(=O)NC(CC(C)=O)CC(=O)NC(CCC(C)=O)CC(C)=O. The molecule has 0 radical (unpaired) electrons. The third-order valence-corrected chi connectivity index (χ3v) is 5.78. The van der Waals surface area contributed by atoms with Crippen molar-refractivity contribution >= 4 is 46.6 Å². The van der Waals surface area contributed by atoms with Gasteiger partial charge in [0.1, 0.15) is 28.9 Å². The number of amides is 3. The molecule has 0 aromatic rings. The molecule has 3 amide bonds. The van der Waals surface area contributed by atoms with Crippen LogP contribution in [0.5, 0.6) is 0 Å². The summed E-state index contributed by atoms with van der Waals surface area (Å²) in [7, 11) is 1.62. The van der Waals surface area contributed by atoms with Crippen molar-refractivity contribution in [2.75, 3.05) is 7.05 Å². The number of ketones is 5. The molecule has 12 nitrogen and oxygen atoms in total. The quantitative estimate of drug-likeness (QED) is 0.157. The predicted octanol–water partition coefficient (Wildman–Crippen LogP) is 0.485. The molecule has 0 saturated carbocycles. The van der Waals surface area contributed by atoms with Crippen LogP contribution in [0.3, 0.4) is 0 Å². The molecule has 0 aliphatic heterocycles. The fraction of sp³-hybridized carbons (Fsp3) is 0.704. The van der Waals surface area contributed by atoms with Crippen molar-refractivity contribution in [3.8, 4) is 0 Å². The van der Waals surface area contributed by atoms with Crippen LogP contribution in [0.4, 0.5) is 0 Å². The maximum absolute atomic E-state index is 12.8. The Morgan fingerprint density at radius 3 is 1.08 bits per heavy atom. The highest BCUT2D eigenvalue weighted by molar-refractivity contribution is 5.86. The van der Waals surface area contributed by atoms with Crippen LogP contribution in [0, 0.1) is 0 Å². The highest BCUT2D eigenvalue weighted by atomic mass is 16.2. The van der Waals surface area contributed by atoms with Gasteiger partial charge in [-0.2, -0.15) is 0 Å². The van der Waals surface area contributed by atoms with Gasteiger partial charge in [0, 0.05) is 75.5 Å². The van der Waals surface area contributed by atoms with Gasteiger partial charge in [0.2, 0.25) is 17.7 Å². The summed E-state index contributed by atoms with van der Waals surface area (Å²) in [5, 5.41) is 10.9. The van der Waals surface area contributed by atoms with Crippen LogP contribution in [0.25, 0.3) is 0 Å². The normalized spacial score (nSPS) is 13.8. The average molecular weight is 553 g/mol. The molecule has 0 aromatic heterocycles. The second-order valence-corrected chi connectivity index (χ2v) is 10.3. The first-order valence-electron chi connectivity index (χ1n) is 13.1. The molecular weight excluding hydrogens is 508 g/mol. The predicted molar refractivity (Wildman–Crippen MR) is 144 cm³/mol. The van der Waals surface area contributed by atoms with Crippen molar-refractivity contribution in [1.82, 2.24) is 21.3 Å². The monoisotopic (exact) mass is 552 g/mol. The Hall–Kier alpha value is -3.28. The summed E-state index contributed by atoms with van der Waals surface area (Å²) in [5.41, 5.74) is 0. The molecule has 4 atom stereocenters. The minimum atomic E-state index is -0.848. The van der Waals surface area contributed by atoms with E-state index >= 15 is 0 Å². The Morgan fingerprint density at radius 1 is 0.436 bits per heavy atom. The lowest BCUT2D eigenvalue weighted by Crippen LogP contribution is -2.46. The Kier molecular flexibility index (Phi) is 17.3. The molecular formula is C27H44N4O8. The van der Waals surface area contributed by atoms with Crippen LogP contribution in [0.1, 0.15) is 92.4 Å². The third kappa shape index (κ3) is 19.4. The summed E-state index contributed by atoms with van der Waals surface area (Å²) in [4.78, 5) is 95.8. The Labute approximate surface area is 230 Å². The van der Waals surface area contributed by atoms with Crippen molar-refractivity contribution in [2.24, 2.45) is 0 Å². The van der Waals surface area contributed by atoms with Gasteiger partial charge in [-0.1, -0.05) is 0 Å². The molecule has 12 heteroatoms. The van der Waals surface area contributed by atoms with E-state index < -0.39 is 41.9 Å². The van der Waals surface area contributed by atoms with Crippen LogP contribution in [-0.2, 0) is 38.4 Å². The smallest absolute Gasteiger partial charge is 0.222 e. The van der Waals surface area contributed by atoms with Gasteiger partial charge in [0.25, 0.3) is 0 Å². The van der Waals surface area contributed by atoms with E-state index in [9.17, 15) is 38.4 Å². The molecule has 4 N–H and O–H groups in total. The zero-order valence-electron chi connectivity index (χ0n) is 23.9. The fourth-order valence-corrected chi connectivity index (χ4v) is 4.15. The van der Waals surface area contributed by atoms with Gasteiger partial charge in [0.05, 0.1) is 0 Å². The highest BCUT2D eigenvalue weighted by Gasteiger charge is 2.25. The topological polar surface area (TPSA) is 185 Å². The zero-order valence-corrected chi connectivity index (χ0v) is 23.9. The van der Waals surface area contributed by atoms with E-state index in [0.717, 1.165) is 0 Å². The van der Waals surface area contributed by atoms with E-state index in [0.29, 0.717) is 0 Å². The van der Waals surface area contributed by atoms with Gasteiger partial charge in [-0.05, 0) is 48.1 Å². The van der Waals surface area contributed by atoms with Crippen molar-refractivity contribution in [1.29, 1.82) is 0 Å². The maximum Gasteiger partial charge on any atom is 0.222 e. The number of hydrogen-bond donors (Lipinski definition) is 4. The lowest BCUT2D eigenvalue weighted by molar-refractivity contribution is -0.125. The molecule has 220 valence electrons. The van der Waals surface area contributed by atoms with Crippen LogP contribution < -0.4 is 21.3 Å². The first-order chi connectivity index (χ1) is 18.1. The molecule has 4 unspecified atom stereocenters. The number of carbonyl (C=O) groups is 8. The number of nitrogens with one attached hydrogen (secondary N) is 4. The summed E-state index contributed by atoms with van der Waals surface area (Å²) in [6, 6.07) is -2.61. The molecule has 39 heavy (non-hydrogen) atoms. The Balaban J connectivity index is 5.28. The number of carbonyl (C=O) groups excluding carboxylic acids is 8. The van der Waals surface area contributed by atoms with Crippen LogP contribution in [0.15, 0.2) is 0 Å². The molecule has 0 fully saturated rings. The second-order valence-electron chi connectivity index (χ2n) is 10.3. The lowest BCUT2D eigenvalue weighted by atomic mass is 10.0. The molecule has 0 bridgehead atoms. The second kappa shape index (κ2) is 18.9. The standard InChI is InChI=1S/C27H44N4O8/c1-16(32)7-8-21(9-17(2)33)29-26(38)14-23(11-19(4)35)31-27(39)15-24(12-20(5)36)30-25(37)13-22(28-6)10-18(3)34/h21-24,28H,7-15H2,1-6H3,(H,29,38)(H,30,37)(H,31,39). The van der Waals surface area contributed by atoms with E-state index in [1.165, 1.54) is 34.6 Å². The lowest BCUT2D eigenvalue weighted by Gasteiger charge is -2.23. The van der Waals surface area contributed by atoms with Gasteiger partial charge in [-0.25, -0.2) is 0 Å². The van der Waals surface area contributed by atoms with Gasteiger partial charge in [-0.15, -0.1) is 0 Å². The fourth-order valence-electron chi connectivity index (χ4n) is 4.15. The molecule has 0 aliphatic carbocycles. The van der Waals surface area contributed by atoms with E-state index in [4.69, 9.17) is 0 Å². The van der Waals surface area contributed by atoms with Gasteiger partial charge < -0.3 is 26.1 Å².